The highest BCUT2D eigenvalue weighted by Gasteiger charge is 2.41. The van der Waals surface area contributed by atoms with Crippen molar-refractivity contribution in [1.82, 2.24) is 29.8 Å². The van der Waals surface area contributed by atoms with Crippen LogP contribution < -0.4 is 19.9 Å². The minimum absolute atomic E-state index is 0.103. The molecule has 4 N–H and O–H groups in total. The van der Waals surface area contributed by atoms with Gasteiger partial charge in [-0.25, -0.2) is 13.1 Å². The molecule has 1 aromatic heterocycles. The van der Waals surface area contributed by atoms with Crippen LogP contribution in [0.2, 0.25) is 0 Å². The van der Waals surface area contributed by atoms with Gasteiger partial charge in [-0.15, -0.1) is 10.2 Å². The van der Waals surface area contributed by atoms with Gasteiger partial charge in [0.1, 0.15) is 16.4 Å². The average Bonchev–Trinajstić information content (AvgIpc) is 3.62. The molecule has 1 aliphatic rings. The Hall–Kier alpha value is -5.32. The first-order chi connectivity index (χ1) is 24.8. The van der Waals surface area contributed by atoms with E-state index in [1.165, 1.54) is 31.4 Å². The summed E-state index contributed by atoms with van der Waals surface area (Å²) in [4.78, 5) is 2.03. The molecule has 0 aliphatic carbocycles. The fraction of sp³-hybridized carbons (Fsp3) is 0.278. The van der Waals surface area contributed by atoms with E-state index >= 15 is 0 Å². The Kier molecular flexibility index (Phi) is 10.3. The maximum Gasteiger partial charge on any atom is 0.417 e. The lowest BCUT2D eigenvalue weighted by Gasteiger charge is -2.38. The lowest BCUT2D eigenvalue weighted by atomic mass is 9.81. The number of nitrogens with zero attached hydrogens (tertiary/aromatic N) is 5. The van der Waals surface area contributed by atoms with Crippen LogP contribution in [0.15, 0.2) is 89.8 Å². The van der Waals surface area contributed by atoms with E-state index in [-0.39, 0.29) is 30.0 Å². The molecule has 52 heavy (non-hydrogen) atoms. The molecule has 0 amide bonds. The molecule has 1 aliphatic heterocycles. The molecule has 5 aromatic rings. The van der Waals surface area contributed by atoms with Gasteiger partial charge in [-0.2, -0.15) is 18.0 Å². The predicted octanol–water partition coefficient (Wildman–Crippen LogP) is 5.43. The maximum atomic E-state index is 14.8. The van der Waals surface area contributed by atoms with E-state index in [1.807, 2.05) is 4.90 Å². The lowest BCUT2D eigenvalue weighted by Crippen LogP contribution is -2.47. The number of benzene rings is 4. The van der Waals surface area contributed by atoms with Crippen molar-refractivity contribution in [2.75, 3.05) is 27.3 Å². The number of methoxy groups -OCH3 is 2. The molecule has 0 saturated carbocycles. The van der Waals surface area contributed by atoms with Gasteiger partial charge in [0.25, 0.3) is 0 Å². The first-order valence-electron chi connectivity index (χ1n) is 16.3. The van der Waals surface area contributed by atoms with Crippen molar-refractivity contribution in [3.63, 3.8) is 0 Å². The smallest absolute Gasteiger partial charge is 0.417 e. The van der Waals surface area contributed by atoms with Gasteiger partial charge in [-0.3, -0.25) is 5.41 Å². The number of alkyl halides is 3. The van der Waals surface area contributed by atoms with Gasteiger partial charge in [0.2, 0.25) is 15.8 Å². The number of nitrogens with two attached hydrogens (primary N) is 1. The third kappa shape index (κ3) is 7.78. The topological polar surface area (TPSA) is 161 Å². The number of likely N-dealkylation sites (tertiary alicyclic amines) is 1. The molecule has 1 saturated heterocycles. The second-order valence-corrected chi connectivity index (χ2v) is 14.1. The fourth-order valence-electron chi connectivity index (χ4n) is 6.17. The highest BCUT2D eigenvalue weighted by molar-refractivity contribution is 7.89. The van der Waals surface area contributed by atoms with Crippen molar-refractivity contribution in [2.45, 2.75) is 42.5 Å². The number of sulfonamides is 1. The summed E-state index contributed by atoms with van der Waals surface area (Å²) in [5.74, 6) is 0.857. The van der Waals surface area contributed by atoms with Crippen LogP contribution in [0, 0.1) is 5.41 Å². The summed E-state index contributed by atoms with van der Waals surface area (Å²) in [7, 11) is -1.85. The summed E-state index contributed by atoms with van der Waals surface area (Å²) in [6.45, 7) is 1.01. The molecule has 0 spiro atoms. The highest BCUT2D eigenvalue weighted by atomic mass is 32.2. The van der Waals surface area contributed by atoms with Gasteiger partial charge in [0.05, 0.1) is 38.2 Å². The number of aromatic nitrogens is 4. The van der Waals surface area contributed by atoms with Crippen molar-refractivity contribution in [1.29, 1.82) is 5.41 Å². The molecule has 6 rings (SSSR count). The Morgan fingerprint density at radius 2 is 1.50 bits per heavy atom. The third-order valence-electron chi connectivity index (χ3n) is 9.16. The van der Waals surface area contributed by atoms with E-state index in [2.05, 4.69) is 20.1 Å². The number of tetrazole rings is 1. The van der Waals surface area contributed by atoms with Crippen molar-refractivity contribution in [3.05, 3.63) is 107 Å². The zero-order valence-electron chi connectivity index (χ0n) is 28.4. The zero-order valence-corrected chi connectivity index (χ0v) is 29.2. The second-order valence-electron chi connectivity index (χ2n) is 12.4. The van der Waals surface area contributed by atoms with Crippen LogP contribution >= 0.6 is 0 Å². The van der Waals surface area contributed by atoms with Gasteiger partial charge in [-0.05, 0) is 76.2 Å². The van der Waals surface area contributed by atoms with E-state index in [0.29, 0.717) is 48.6 Å². The number of halogens is 3. The fourth-order valence-corrected chi connectivity index (χ4v) is 7.61. The van der Waals surface area contributed by atoms with Crippen molar-refractivity contribution >= 4 is 16.4 Å². The highest BCUT2D eigenvalue weighted by Crippen LogP contribution is 2.44. The molecule has 0 radical (unpaired) electrons. The molecular weight excluding hydrogens is 698 g/mol. The summed E-state index contributed by atoms with van der Waals surface area (Å²) in [6, 6.07) is 22.4. The summed E-state index contributed by atoms with van der Waals surface area (Å²) in [5, 5.41) is 20.1. The van der Waals surface area contributed by atoms with Crippen molar-refractivity contribution in [2.24, 2.45) is 5.73 Å². The van der Waals surface area contributed by atoms with E-state index in [0.717, 1.165) is 17.2 Å². The Labute approximate surface area is 298 Å². The zero-order chi connectivity index (χ0) is 37.1. The molecular formula is C36H37F3N8O4S. The maximum absolute atomic E-state index is 14.8. The quantitative estimate of drug-likeness (QED) is 0.112. The monoisotopic (exact) mass is 734 g/mol. The second kappa shape index (κ2) is 14.7. The third-order valence-corrected chi connectivity index (χ3v) is 10.6. The molecule has 2 heterocycles. The van der Waals surface area contributed by atoms with Crippen molar-refractivity contribution < 1.29 is 31.1 Å². The van der Waals surface area contributed by atoms with Crippen LogP contribution in [0.25, 0.3) is 22.5 Å². The van der Waals surface area contributed by atoms with E-state index in [9.17, 15) is 21.6 Å². The van der Waals surface area contributed by atoms with Gasteiger partial charge in [-0.1, -0.05) is 54.6 Å². The number of ether oxygens (including phenoxy) is 2. The molecule has 272 valence electrons. The Bertz CT molecular complexity index is 2130. The number of nitrogens with one attached hydrogen (secondary N) is 2. The minimum atomic E-state index is -5.06. The SMILES string of the molecule is COc1ccc(CNS(=O)(=O)c2c(C(F)(F)F)ccc(-c3ccc(C4(N)CCN(C=N)CC4)cc3)c2-c2nnn(Cc3ccc(OC)cc3)n2)cc1. The molecule has 12 nitrogen and oxygen atoms in total. The standard InChI is InChI=1S/C36H37F3N8O4S/c1-50-28-11-3-24(4-12-28)21-42-52(48,49)33-31(36(37,38)39)16-15-30(26-7-9-27(10-8-26)35(41)17-19-46(23-40)20-18-35)32(33)34-43-45-47(44-34)22-25-5-13-29(51-2)14-6-25/h3-16,23,40,42H,17-22,41H2,1-2H3. The van der Waals surface area contributed by atoms with Crippen LogP contribution in [0.3, 0.4) is 0 Å². The number of rotatable bonds is 12. The molecule has 1 fully saturated rings. The van der Waals surface area contributed by atoms with E-state index in [1.54, 1.807) is 72.8 Å². The van der Waals surface area contributed by atoms with Crippen LogP contribution in [-0.2, 0) is 34.8 Å². The first kappa shape index (κ1) is 36.5. The predicted molar refractivity (Wildman–Crippen MR) is 188 cm³/mol. The summed E-state index contributed by atoms with van der Waals surface area (Å²) in [6.07, 6.45) is -2.58. The lowest BCUT2D eigenvalue weighted by molar-refractivity contribution is -0.139. The minimum Gasteiger partial charge on any atom is -0.497 e. The Morgan fingerprint density at radius 3 is 2.06 bits per heavy atom. The Balaban J connectivity index is 1.46. The number of hydrogen-bond acceptors (Lipinski definition) is 9. The normalized spacial score (nSPS) is 14.6. The summed E-state index contributed by atoms with van der Waals surface area (Å²) >= 11 is 0. The van der Waals surface area contributed by atoms with Gasteiger partial charge in [0.15, 0.2) is 0 Å². The summed E-state index contributed by atoms with van der Waals surface area (Å²) < 4.78 is 85.2. The molecule has 4 aromatic carbocycles. The number of hydrogen-bond donors (Lipinski definition) is 3. The first-order valence-corrected chi connectivity index (χ1v) is 17.7. The summed E-state index contributed by atoms with van der Waals surface area (Å²) in [5.41, 5.74) is 7.00. The van der Waals surface area contributed by atoms with Crippen LogP contribution in [0.4, 0.5) is 13.2 Å². The largest absolute Gasteiger partial charge is 0.497 e. The average molecular weight is 735 g/mol. The van der Waals surface area contributed by atoms with E-state index < -0.39 is 32.2 Å². The van der Waals surface area contributed by atoms with Gasteiger partial charge < -0.3 is 20.1 Å². The van der Waals surface area contributed by atoms with Crippen LogP contribution in [-0.4, -0.2) is 67.2 Å². The van der Waals surface area contributed by atoms with Crippen molar-refractivity contribution in [3.8, 4) is 34.0 Å². The van der Waals surface area contributed by atoms with E-state index in [4.69, 9.17) is 20.6 Å². The van der Waals surface area contributed by atoms with Gasteiger partial charge in [0, 0.05) is 25.2 Å². The molecule has 16 heteroatoms. The van der Waals surface area contributed by atoms with Crippen LogP contribution in [0.1, 0.15) is 35.1 Å². The molecule has 0 atom stereocenters. The van der Waals surface area contributed by atoms with Crippen LogP contribution in [0.5, 0.6) is 11.5 Å². The molecule has 0 unspecified atom stereocenters. The molecule has 0 bridgehead atoms. The Morgan fingerprint density at radius 1 is 0.904 bits per heavy atom. The number of piperidine rings is 1. The van der Waals surface area contributed by atoms with Gasteiger partial charge >= 0.3 is 6.18 Å².